The Balaban J connectivity index is 2.57. The second-order valence-electron chi connectivity index (χ2n) is 4.75. The summed E-state index contributed by atoms with van der Waals surface area (Å²) in [6.07, 6.45) is 2.25. The normalized spacial score (nSPS) is 18.1. The first kappa shape index (κ1) is 15.4. The number of hydrogen-bond acceptors (Lipinski definition) is 4. The molecule has 1 aliphatic rings. The Bertz CT molecular complexity index is 392. The lowest BCUT2D eigenvalue weighted by Crippen LogP contribution is -2.45. The third-order valence-electron chi connectivity index (χ3n) is 3.49. The fourth-order valence-corrected chi connectivity index (χ4v) is 3.13. The van der Waals surface area contributed by atoms with Crippen LogP contribution in [0.5, 0.6) is 0 Å². The average molecular weight is 278 g/mol. The average Bonchev–Trinajstić information content (AvgIpc) is 3.17. The predicted molar refractivity (Wildman–Crippen MR) is 68.1 cm³/mol. The Morgan fingerprint density at radius 2 is 1.94 bits per heavy atom. The smallest absolute Gasteiger partial charge is 0.306 e. The monoisotopic (exact) mass is 278 g/mol. The Labute approximate surface area is 109 Å². The minimum Gasteiger partial charge on any atom is -0.469 e. The summed E-state index contributed by atoms with van der Waals surface area (Å²) >= 11 is 0. The highest BCUT2D eigenvalue weighted by atomic mass is 32.2. The summed E-state index contributed by atoms with van der Waals surface area (Å²) in [6, 6.07) is 0.00979. The van der Waals surface area contributed by atoms with Crippen LogP contribution in [-0.4, -0.2) is 56.8 Å². The second-order valence-corrected chi connectivity index (χ2v) is 6.84. The van der Waals surface area contributed by atoms with Crippen LogP contribution in [0.3, 0.4) is 0 Å². The Kier molecular flexibility index (Phi) is 5.12. The van der Waals surface area contributed by atoms with E-state index in [1.165, 1.54) is 22.8 Å². The summed E-state index contributed by atoms with van der Waals surface area (Å²) < 4.78 is 31.5. The van der Waals surface area contributed by atoms with Crippen LogP contribution >= 0.6 is 0 Å². The lowest BCUT2D eigenvalue weighted by atomic mass is 10.2. The summed E-state index contributed by atoms with van der Waals surface area (Å²) in [6.45, 7) is 2.06. The molecule has 0 N–H and O–H groups in total. The molecule has 0 heterocycles. The lowest BCUT2D eigenvalue weighted by molar-refractivity contribution is -0.140. The minimum atomic E-state index is -3.49. The molecule has 1 rings (SSSR count). The van der Waals surface area contributed by atoms with E-state index in [9.17, 15) is 13.2 Å². The highest BCUT2D eigenvalue weighted by Gasteiger charge is 2.36. The number of ether oxygens (including phenoxy) is 1. The molecule has 0 saturated heterocycles. The largest absolute Gasteiger partial charge is 0.469 e. The molecule has 0 aromatic carbocycles. The zero-order chi connectivity index (χ0) is 13.9. The van der Waals surface area contributed by atoms with Crippen LogP contribution in [0.1, 0.15) is 26.2 Å². The Morgan fingerprint density at radius 1 is 1.39 bits per heavy atom. The van der Waals surface area contributed by atoms with Gasteiger partial charge in [-0.25, -0.2) is 0 Å². The number of carbonyl (C=O) groups excluding carboxylic acids is 1. The summed E-state index contributed by atoms with van der Waals surface area (Å²) in [5.41, 5.74) is 0. The number of esters is 1. The fraction of sp³-hybridized carbons (Fsp3) is 0.909. The van der Waals surface area contributed by atoms with Gasteiger partial charge in [-0.2, -0.15) is 17.0 Å². The van der Waals surface area contributed by atoms with Crippen LogP contribution in [0.2, 0.25) is 0 Å². The van der Waals surface area contributed by atoms with Gasteiger partial charge in [-0.15, -0.1) is 0 Å². The van der Waals surface area contributed by atoms with Crippen LogP contribution < -0.4 is 0 Å². The molecule has 0 radical (unpaired) electrons. The maximum Gasteiger partial charge on any atom is 0.306 e. The number of methoxy groups -OCH3 is 1. The number of hydrogen-bond donors (Lipinski definition) is 0. The molecule has 0 bridgehead atoms. The zero-order valence-corrected chi connectivity index (χ0v) is 12.2. The molecule has 1 saturated carbocycles. The molecule has 1 aliphatic carbocycles. The van der Waals surface area contributed by atoms with Crippen LogP contribution in [0, 0.1) is 5.92 Å². The first-order valence-corrected chi connectivity index (χ1v) is 7.46. The second kappa shape index (κ2) is 5.99. The molecular weight excluding hydrogens is 256 g/mol. The predicted octanol–water partition coefficient (Wildman–Crippen LogP) is 0.456. The van der Waals surface area contributed by atoms with Crippen molar-refractivity contribution in [2.24, 2.45) is 5.92 Å². The van der Waals surface area contributed by atoms with Gasteiger partial charge in [-0.3, -0.25) is 4.79 Å². The van der Waals surface area contributed by atoms with Crippen molar-refractivity contribution in [3.63, 3.8) is 0 Å². The van der Waals surface area contributed by atoms with Crippen molar-refractivity contribution < 1.29 is 17.9 Å². The van der Waals surface area contributed by atoms with E-state index in [1.807, 2.05) is 6.92 Å². The molecule has 0 spiro atoms. The zero-order valence-electron chi connectivity index (χ0n) is 11.4. The van der Waals surface area contributed by atoms with Gasteiger partial charge in [0, 0.05) is 26.7 Å². The highest BCUT2D eigenvalue weighted by Crippen LogP contribution is 2.35. The van der Waals surface area contributed by atoms with Crippen molar-refractivity contribution >= 4 is 16.2 Å². The van der Waals surface area contributed by atoms with Crippen molar-refractivity contribution in [2.75, 3.05) is 27.7 Å². The Morgan fingerprint density at radius 3 is 2.39 bits per heavy atom. The van der Waals surface area contributed by atoms with Gasteiger partial charge in [0.15, 0.2) is 0 Å². The van der Waals surface area contributed by atoms with E-state index in [0.717, 1.165) is 12.8 Å². The van der Waals surface area contributed by atoms with Crippen molar-refractivity contribution in [1.82, 2.24) is 8.61 Å². The molecule has 1 atom stereocenters. The number of carbonyl (C=O) groups is 1. The van der Waals surface area contributed by atoms with Gasteiger partial charge in [0.2, 0.25) is 0 Å². The van der Waals surface area contributed by atoms with Crippen LogP contribution in [0.15, 0.2) is 0 Å². The molecule has 0 amide bonds. The van der Waals surface area contributed by atoms with Gasteiger partial charge in [0.1, 0.15) is 0 Å². The van der Waals surface area contributed by atoms with Gasteiger partial charge in [0.25, 0.3) is 10.2 Å². The van der Waals surface area contributed by atoms with Gasteiger partial charge < -0.3 is 4.74 Å². The van der Waals surface area contributed by atoms with E-state index in [4.69, 9.17) is 0 Å². The van der Waals surface area contributed by atoms with Crippen LogP contribution in [0.25, 0.3) is 0 Å². The summed E-state index contributed by atoms with van der Waals surface area (Å²) in [5.74, 6) is 0.0636. The summed E-state index contributed by atoms with van der Waals surface area (Å²) in [7, 11) is 0.872. The summed E-state index contributed by atoms with van der Waals surface area (Å²) in [5, 5.41) is 0. The molecule has 1 unspecified atom stereocenters. The molecule has 6 nitrogen and oxygen atoms in total. The molecule has 7 heteroatoms. The van der Waals surface area contributed by atoms with E-state index in [-0.39, 0.29) is 19.0 Å². The van der Waals surface area contributed by atoms with Crippen molar-refractivity contribution in [3.05, 3.63) is 0 Å². The maximum atomic E-state index is 12.2. The Hall–Kier alpha value is -0.660. The molecule has 0 aromatic heterocycles. The third kappa shape index (κ3) is 3.66. The molecular formula is C11H22N2O4S. The van der Waals surface area contributed by atoms with Gasteiger partial charge in [-0.1, -0.05) is 0 Å². The van der Waals surface area contributed by atoms with Gasteiger partial charge in [0.05, 0.1) is 13.5 Å². The highest BCUT2D eigenvalue weighted by molar-refractivity contribution is 7.86. The molecule has 18 heavy (non-hydrogen) atoms. The SMILES string of the molecule is COC(=O)CCN(C)S(=O)(=O)N(C)C(C)C1CC1. The molecule has 0 aliphatic heterocycles. The van der Waals surface area contributed by atoms with Gasteiger partial charge >= 0.3 is 5.97 Å². The van der Waals surface area contributed by atoms with E-state index in [2.05, 4.69) is 4.74 Å². The molecule has 0 aromatic rings. The minimum absolute atomic E-state index is 0.00979. The lowest BCUT2D eigenvalue weighted by Gasteiger charge is -2.28. The number of nitrogens with zero attached hydrogens (tertiary/aromatic N) is 2. The van der Waals surface area contributed by atoms with E-state index < -0.39 is 16.2 Å². The van der Waals surface area contributed by atoms with E-state index >= 15 is 0 Å². The first-order chi connectivity index (χ1) is 8.30. The van der Waals surface area contributed by atoms with E-state index in [1.54, 1.807) is 7.05 Å². The third-order valence-corrected chi connectivity index (χ3v) is 5.52. The van der Waals surface area contributed by atoms with Crippen LogP contribution in [-0.2, 0) is 19.7 Å². The van der Waals surface area contributed by atoms with Gasteiger partial charge in [-0.05, 0) is 25.7 Å². The van der Waals surface area contributed by atoms with Crippen molar-refractivity contribution in [1.29, 1.82) is 0 Å². The topological polar surface area (TPSA) is 66.9 Å². The standard InChI is InChI=1S/C11H22N2O4S/c1-9(10-5-6-10)13(3)18(15,16)12(2)8-7-11(14)17-4/h9-10H,5-8H2,1-4H3. The first-order valence-electron chi connectivity index (χ1n) is 6.06. The maximum absolute atomic E-state index is 12.2. The van der Waals surface area contributed by atoms with Crippen molar-refractivity contribution in [3.8, 4) is 0 Å². The van der Waals surface area contributed by atoms with Crippen molar-refractivity contribution in [2.45, 2.75) is 32.2 Å². The van der Waals surface area contributed by atoms with E-state index in [0.29, 0.717) is 5.92 Å². The molecule has 1 fully saturated rings. The quantitative estimate of drug-likeness (QED) is 0.634. The summed E-state index contributed by atoms with van der Waals surface area (Å²) in [4.78, 5) is 11.0. The van der Waals surface area contributed by atoms with Crippen LogP contribution in [0.4, 0.5) is 0 Å². The molecule has 106 valence electrons. The fourth-order valence-electron chi connectivity index (χ4n) is 1.77. The number of rotatable bonds is 7.